The van der Waals surface area contributed by atoms with Crippen molar-refractivity contribution in [3.05, 3.63) is 29.3 Å². The van der Waals surface area contributed by atoms with Gasteiger partial charge in [-0.15, -0.1) is 0 Å². The number of aryl methyl sites for hydroxylation is 1. The maximum atomic E-state index is 3.53. The van der Waals surface area contributed by atoms with Crippen molar-refractivity contribution in [1.82, 2.24) is 4.90 Å². The minimum Gasteiger partial charge on any atom is -0.371 e. The van der Waals surface area contributed by atoms with Gasteiger partial charge >= 0.3 is 0 Å². The Hall–Kier alpha value is -0.540. The van der Waals surface area contributed by atoms with Gasteiger partial charge in [-0.2, -0.15) is 0 Å². The number of piperidine rings is 1. The number of halogens is 1. The molecule has 1 heterocycles. The van der Waals surface area contributed by atoms with Crippen molar-refractivity contribution < 1.29 is 0 Å². The molecule has 3 heteroatoms. The van der Waals surface area contributed by atoms with Gasteiger partial charge in [-0.25, -0.2) is 0 Å². The monoisotopic (exact) mass is 310 g/mol. The van der Waals surface area contributed by atoms with Crippen LogP contribution in [0.1, 0.15) is 24.0 Å². The first-order valence-corrected chi connectivity index (χ1v) is 7.81. The fourth-order valence-electron chi connectivity index (χ4n) is 2.67. The Bertz CT molecular complexity index is 395. The summed E-state index contributed by atoms with van der Waals surface area (Å²) in [7, 11) is 4.38. The van der Waals surface area contributed by atoms with Crippen LogP contribution in [0.15, 0.2) is 18.2 Å². The summed E-state index contributed by atoms with van der Waals surface area (Å²) in [5.74, 6) is 0. The Balaban J connectivity index is 2.03. The van der Waals surface area contributed by atoms with Gasteiger partial charge in [0.1, 0.15) is 0 Å². The van der Waals surface area contributed by atoms with Crippen LogP contribution in [0, 0.1) is 6.92 Å². The minimum atomic E-state index is 0.754. The van der Waals surface area contributed by atoms with Gasteiger partial charge in [0.2, 0.25) is 0 Å². The first kappa shape index (κ1) is 13.9. The molecule has 0 aliphatic carbocycles. The van der Waals surface area contributed by atoms with Crippen molar-refractivity contribution >= 4 is 21.6 Å². The SMILES string of the molecule is Cc1cc(N2CCC(N(C)C)CC2)ccc1CBr. The quantitative estimate of drug-likeness (QED) is 0.789. The second kappa shape index (κ2) is 6.07. The van der Waals surface area contributed by atoms with Crippen LogP contribution in [0.3, 0.4) is 0 Å². The molecule has 0 bridgehead atoms. The van der Waals surface area contributed by atoms with Crippen molar-refractivity contribution in [2.45, 2.75) is 31.1 Å². The zero-order chi connectivity index (χ0) is 13.1. The highest BCUT2D eigenvalue weighted by Crippen LogP contribution is 2.24. The maximum Gasteiger partial charge on any atom is 0.0369 e. The van der Waals surface area contributed by atoms with Crippen molar-refractivity contribution in [1.29, 1.82) is 0 Å². The smallest absolute Gasteiger partial charge is 0.0369 e. The van der Waals surface area contributed by atoms with Crippen LogP contribution in [0.2, 0.25) is 0 Å². The second-order valence-electron chi connectivity index (χ2n) is 5.43. The summed E-state index contributed by atoms with van der Waals surface area (Å²) in [5.41, 5.74) is 4.16. The Morgan fingerprint density at radius 1 is 1.28 bits per heavy atom. The van der Waals surface area contributed by atoms with Crippen LogP contribution < -0.4 is 4.90 Å². The number of alkyl halides is 1. The summed E-state index contributed by atoms with van der Waals surface area (Å²) in [6, 6.07) is 7.59. The molecule has 1 saturated heterocycles. The highest BCUT2D eigenvalue weighted by atomic mass is 79.9. The van der Waals surface area contributed by atoms with E-state index in [0.717, 1.165) is 11.4 Å². The van der Waals surface area contributed by atoms with Crippen LogP contribution >= 0.6 is 15.9 Å². The molecule has 0 N–H and O–H groups in total. The predicted molar refractivity (Wildman–Crippen MR) is 82.7 cm³/mol. The summed E-state index contributed by atoms with van der Waals surface area (Å²) >= 11 is 3.53. The van der Waals surface area contributed by atoms with Gasteiger partial charge in [-0.1, -0.05) is 22.0 Å². The highest BCUT2D eigenvalue weighted by molar-refractivity contribution is 9.08. The molecule has 2 rings (SSSR count). The Morgan fingerprint density at radius 2 is 1.94 bits per heavy atom. The first-order valence-electron chi connectivity index (χ1n) is 6.68. The van der Waals surface area contributed by atoms with Crippen LogP contribution in [0.25, 0.3) is 0 Å². The van der Waals surface area contributed by atoms with E-state index in [1.54, 1.807) is 0 Å². The van der Waals surface area contributed by atoms with Crippen molar-refractivity contribution in [2.75, 3.05) is 32.1 Å². The average Bonchev–Trinajstić information content (AvgIpc) is 2.38. The van der Waals surface area contributed by atoms with Crippen molar-refractivity contribution in [3.63, 3.8) is 0 Å². The Labute approximate surface area is 119 Å². The summed E-state index contributed by atoms with van der Waals surface area (Å²) in [4.78, 5) is 4.88. The Kier molecular flexibility index (Phi) is 4.68. The molecule has 0 aromatic heterocycles. The summed E-state index contributed by atoms with van der Waals surface area (Å²) in [5, 5.41) is 0.946. The van der Waals surface area contributed by atoms with Gasteiger partial charge in [-0.05, 0) is 57.1 Å². The highest BCUT2D eigenvalue weighted by Gasteiger charge is 2.20. The van der Waals surface area contributed by atoms with Gasteiger partial charge in [-0.3, -0.25) is 0 Å². The lowest BCUT2D eigenvalue weighted by Gasteiger charge is -2.36. The number of hydrogen-bond acceptors (Lipinski definition) is 2. The third kappa shape index (κ3) is 3.07. The average molecular weight is 311 g/mol. The fraction of sp³-hybridized carbons (Fsp3) is 0.600. The van der Waals surface area contributed by atoms with Gasteiger partial charge in [0.15, 0.2) is 0 Å². The lowest BCUT2D eigenvalue weighted by atomic mass is 10.0. The molecule has 18 heavy (non-hydrogen) atoms. The van der Waals surface area contributed by atoms with Crippen molar-refractivity contribution in [2.24, 2.45) is 0 Å². The molecule has 0 amide bonds. The first-order chi connectivity index (χ1) is 8.61. The molecule has 1 aliphatic heterocycles. The van der Waals surface area contributed by atoms with Crippen LogP contribution in [0.5, 0.6) is 0 Å². The number of nitrogens with zero attached hydrogens (tertiary/aromatic N) is 2. The third-order valence-electron chi connectivity index (χ3n) is 4.03. The molecule has 0 saturated carbocycles. The van der Waals surface area contributed by atoms with Crippen molar-refractivity contribution in [3.8, 4) is 0 Å². The molecule has 1 aromatic carbocycles. The van der Waals surface area contributed by atoms with Crippen LogP contribution in [-0.2, 0) is 5.33 Å². The van der Waals surface area contributed by atoms with E-state index in [1.165, 1.54) is 42.7 Å². The molecule has 1 aliphatic rings. The molecule has 2 nitrogen and oxygen atoms in total. The number of benzene rings is 1. The van der Waals surface area contributed by atoms with Gasteiger partial charge in [0.05, 0.1) is 0 Å². The second-order valence-corrected chi connectivity index (χ2v) is 5.99. The maximum absolute atomic E-state index is 3.53. The zero-order valence-corrected chi connectivity index (χ0v) is 13.2. The molecule has 0 unspecified atom stereocenters. The van der Waals surface area contributed by atoms with Gasteiger partial charge < -0.3 is 9.80 Å². The fourth-order valence-corrected chi connectivity index (χ4v) is 3.30. The largest absolute Gasteiger partial charge is 0.371 e. The Morgan fingerprint density at radius 3 is 2.44 bits per heavy atom. The lowest BCUT2D eigenvalue weighted by Crippen LogP contribution is -2.42. The summed E-state index contributed by atoms with van der Waals surface area (Å²) < 4.78 is 0. The van der Waals surface area contributed by atoms with Crippen LogP contribution in [-0.4, -0.2) is 38.1 Å². The summed E-state index contributed by atoms with van der Waals surface area (Å²) in [6.45, 7) is 4.55. The normalized spacial score (nSPS) is 17.5. The molecule has 0 radical (unpaired) electrons. The van der Waals surface area contributed by atoms with Crippen LogP contribution in [0.4, 0.5) is 5.69 Å². The zero-order valence-electron chi connectivity index (χ0n) is 11.6. The summed E-state index contributed by atoms with van der Waals surface area (Å²) in [6.07, 6.45) is 2.54. The van der Waals surface area contributed by atoms with E-state index in [2.05, 4.69) is 64.9 Å². The molecular formula is C15H23BrN2. The third-order valence-corrected chi connectivity index (χ3v) is 4.63. The number of hydrogen-bond donors (Lipinski definition) is 0. The predicted octanol–water partition coefficient (Wildman–Crippen LogP) is 3.42. The number of anilines is 1. The standard InChI is InChI=1S/C15H23BrN2/c1-12-10-15(5-4-13(12)11-16)18-8-6-14(7-9-18)17(2)3/h4-5,10,14H,6-9,11H2,1-3H3. The van der Waals surface area contributed by atoms with E-state index in [9.17, 15) is 0 Å². The molecule has 0 atom stereocenters. The van der Waals surface area contributed by atoms with E-state index in [1.807, 2.05) is 0 Å². The van der Waals surface area contributed by atoms with E-state index in [0.29, 0.717) is 0 Å². The van der Waals surface area contributed by atoms with Gasteiger partial charge in [0.25, 0.3) is 0 Å². The van der Waals surface area contributed by atoms with E-state index < -0.39 is 0 Å². The molecular weight excluding hydrogens is 288 g/mol. The number of rotatable bonds is 3. The minimum absolute atomic E-state index is 0.754. The molecule has 1 fully saturated rings. The van der Waals surface area contributed by atoms with E-state index in [-0.39, 0.29) is 0 Å². The van der Waals surface area contributed by atoms with Gasteiger partial charge in [0, 0.05) is 30.1 Å². The molecule has 1 aromatic rings. The van der Waals surface area contributed by atoms with E-state index in [4.69, 9.17) is 0 Å². The lowest BCUT2D eigenvalue weighted by molar-refractivity contribution is 0.249. The topological polar surface area (TPSA) is 6.48 Å². The van der Waals surface area contributed by atoms with E-state index >= 15 is 0 Å². The molecule has 0 spiro atoms. The molecule has 100 valence electrons.